The lowest BCUT2D eigenvalue weighted by Crippen LogP contribution is -2.17. The van der Waals surface area contributed by atoms with Gasteiger partial charge in [-0.25, -0.2) is 4.98 Å². The van der Waals surface area contributed by atoms with Gasteiger partial charge in [0.25, 0.3) is 5.91 Å². The molecule has 1 heterocycles. The minimum absolute atomic E-state index is 0.121. The van der Waals surface area contributed by atoms with Crippen molar-refractivity contribution in [2.24, 2.45) is 0 Å². The van der Waals surface area contributed by atoms with Crippen molar-refractivity contribution in [3.8, 4) is 0 Å². The third-order valence-electron chi connectivity index (χ3n) is 1.08. The third kappa shape index (κ3) is 1.33. The highest BCUT2D eigenvalue weighted by atomic mass is 32.1. The molecule has 0 saturated heterocycles. The Morgan fingerprint density at radius 2 is 2.50 bits per heavy atom. The van der Waals surface area contributed by atoms with E-state index in [0.717, 1.165) is 5.01 Å². The molecule has 0 aromatic carbocycles. The third-order valence-corrected chi connectivity index (χ3v) is 1.85. The molecule has 0 aliphatic carbocycles. The summed E-state index contributed by atoms with van der Waals surface area (Å²) in [6.45, 7) is 1.87. The molecule has 54 valence electrons. The summed E-state index contributed by atoms with van der Waals surface area (Å²) in [7, 11) is 1.59. The average Bonchev–Trinajstić information content (AvgIpc) is 2.34. The molecule has 1 amide bonds. The smallest absolute Gasteiger partial charge is 0.270 e. The molecule has 0 saturated carbocycles. The molecular formula is C6H8N2OS. The molecule has 0 radical (unpaired) electrons. The van der Waals surface area contributed by atoms with Crippen LogP contribution >= 0.6 is 11.3 Å². The SMILES string of the molecule is CNC(=O)c1csc(C)n1. The Morgan fingerprint density at radius 3 is 2.90 bits per heavy atom. The molecule has 0 aliphatic rings. The highest BCUT2D eigenvalue weighted by Gasteiger charge is 2.04. The van der Waals surface area contributed by atoms with Crippen LogP contribution in [0.4, 0.5) is 0 Å². The summed E-state index contributed by atoms with van der Waals surface area (Å²) in [4.78, 5) is 14.8. The standard InChI is InChI=1S/C6H8N2OS/c1-4-8-5(3-10-4)6(9)7-2/h3H,1-2H3,(H,7,9). The second kappa shape index (κ2) is 2.79. The van der Waals surface area contributed by atoms with Crippen LogP contribution in [0.25, 0.3) is 0 Å². The van der Waals surface area contributed by atoms with E-state index in [1.54, 1.807) is 12.4 Å². The summed E-state index contributed by atoms with van der Waals surface area (Å²) in [5.41, 5.74) is 0.505. The number of nitrogens with one attached hydrogen (secondary N) is 1. The molecule has 1 N–H and O–H groups in total. The first kappa shape index (κ1) is 7.21. The number of hydrogen-bond donors (Lipinski definition) is 1. The van der Waals surface area contributed by atoms with E-state index in [4.69, 9.17) is 0 Å². The number of hydrogen-bond acceptors (Lipinski definition) is 3. The molecule has 1 aromatic heterocycles. The zero-order valence-electron chi connectivity index (χ0n) is 5.84. The van der Waals surface area contributed by atoms with Crippen molar-refractivity contribution >= 4 is 17.2 Å². The Hall–Kier alpha value is -0.900. The van der Waals surface area contributed by atoms with Crippen molar-refractivity contribution in [1.29, 1.82) is 0 Å². The Bertz CT molecular complexity index is 244. The van der Waals surface area contributed by atoms with Crippen LogP contribution in [-0.4, -0.2) is 17.9 Å². The van der Waals surface area contributed by atoms with Crippen LogP contribution in [0.5, 0.6) is 0 Å². The van der Waals surface area contributed by atoms with E-state index in [-0.39, 0.29) is 5.91 Å². The predicted molar refractivity (Wildman–Crippen MR) is 40.2 cm³/mol. The van der Waals surface area contributed by atoms with Crippen LogP contribution in [0.15, 0.2) is 5.38 Å². The van der Waals surface area contributed by atoms with Crippen molar-refractivity contribution in [2.75, 3.05) is 7.05 Å². The molecule has 0 aliphatic heterocycles. The number of thiazole rings is 1. The molecule has 4 heteroatoms. The number of aryl methyl sites for hydroxylation is 1. The molecule has 3 nitrogen and oxygen atoms in total. The van der Waals surface area contributed by atoms with Crippen LogP contribution < -0.4 is 5.32 Å². The fourth-order valence-corrected chi connectivity index (χ4v) is 1.19. The number of rotatable bonds is 1. The highest BCUT2D eigenvalue weighted by molar-refractivity contribution is 7.09. The van der Waals surface area contributed by atoms with Gasteiger partial charge in [0, 0.05) is 12.4 Å². The van der Waals surface area contributed by atoms with E-state index in [1.807, 2.05) is 6.92 Å². The van der Waals surface area contributed by atoms with Gasteiger partial charge < -0.3 is 5.32 Å². The topological polar surface area (TPSA) is 42.0 Å². The number of amides is 1. The number of nitrogens with zero attached hydrogens (tertiary/aromatic N) is 1. The summed E-state index contributed by atoms with van der Waals surface area (Å²) >= 11 is 1.48. The van der Waals surface area contributed by atoms with Gasteiger partial charge in [0.15, 0.2) is 0 Å². The molecule has 0 fully saturated rings. The van der Waals surface area contributed by atoms with Crippen molar-refractivity contribution in [1.82, 2.24) is 10.3 Å². The second-order valence-corrected chi connectivity index (χ2v) is 2.89. The van der Waals surface area contributed by atoms with Gasteiger partial charge in [-0.3, -0.25) is 4.79 Å². The minimum atomic E-state index is -0.121. The normalized spacial score (nSPS) is 9.40. The summed E-state index contributed by atoms with van der Waals surface area (Å²) in [6, 6.07) is 0. The van der Waals surface area contributed by atoms with Gasteiger partial charge >= 0.3 is 0 Å². The number of aromatic nitrogens is 1. The van der Waals surface area contributed by atoms with E-state index < -0.39 is 0 Å². The second-order valence-electron chi connectivity index (χ2n) is 1.83. The Morgan fingerprint density at radius 1 is 1.80 bits per heavy atom. The molecule has 0 spiro atoms. The Kier molecular flexibility index (Phi) is 2.01. The quantitative estimate of drug-likeness (QED) is 0.653. The monoisotopic (exact) mass is 156 g/mol. The van der Waals surface area contributed by atoms with Gasteiger partial charge in [0.2, 0.25) is 0 Å². The van der Waals surface area contributed by atoms with Gasteiger partial charge in [-0.15, -0.1) is 11.3 Å². The van der Waals surface area contributed by atoms with E-state index in [0.29, 0.717) is 5.69 Å². The van der Waals surface area contributed by atoms with E-state index in [9.17, 15) is 4.79 Å². The van der Waals surface area contributed by atoms with Crippen molar-refractivity contribution < 1.29 is 4.79 Å². The van der Waals surface area contributed by atoms with Gasteiger partial charge in [-0.2, -0.15) is 0 Å². The first-order chi connectivity index (χ1) is 4.74. The van der Waals surface area contributed by atoms with Crippen molar-refractivity contribution in [3.05, 3.63) is 16.1 Å². The lowest BCUT2D eigenvalue weighted by atomic mass is 10.5. The van der Waals surface area contributed by atoms with Crippen LogP contribution in [0.1, 0.15) is 15.5 Å². The Labute approximate surface area is 63.1 Å². The first-order valence-electron chi connectivity index (χ1n) is 2.88. The van der Waals surface area contributed by atoms with E-state index in [1.165, 1.54) is 11.3 Å². The summed E-state index contributed by atoms with van der Waals surface area (Å²) < 4.78 is 0. The molecular weight excluding hydrogens is 148 g/mol. The molecule has 1 rings (SSSR count). The molecule has 10 heavy (non-hydrogen) atoms. The number of carbonyl (C=O) groups excluding carboxylic acids is 1. The highest BCUT2D eigenvalue weighted by Crippen LogP contribution is 2.06. The first-order valence-corrected chi connectivity index (χ1v) is 3.76. The maximum Gasteiger partial charge on any atom is 0.270 e. The van der Waals surface area contributed by atoms with Crippen LogP contribution in [0.3, 0.4) is 0 Å². The lowest BCUT2D eigenvalue weighted by Gasteiger charge is -1.90. The van der Waals surface area contributed by atoms with Gasteiger partial charge in [0.1, 0.15) is 5.69 Å². The molecule has 0 bridgehead atoms. The fourth-order valence-electron chi connectivity index (χ4n) is 0.596. The maximum atomic E-state index is 10.9. The summed E-state index contributed by atoms with van der Waals surface area (Å²) in [5, 5.41) is 5.16. The van der Waals surface area contributed by atoms with Crippen molar-refractivity contribution in [3.63, 3.8) is 0 Å². The largest absolute Gasteiger partial charge is 0.354 e. The van der Waals surface area contributed by atoms with E-state index >= 15 is 0 Å². The molecule has 1 aromatic rings. The zero-order valence-corrected chi connectivity index (χ0v) is 6.66. The van der Waals surface area contributed by atoms with Crippen LogP contribution in [0.2, 0.25) is 0 Å². The summed E-state index contributed by atoms with van der Waals surface area (Å²) in [6.07, 6.45) is 0. The predicted octanol–water partition coefficient (Wildman–Crippen LogP) is 0.811. The van der Waals surface area contributed by atoms with Crippen LogP contribution in [0, 0.1) is 6.92 Å². The minimum Gasteiger partial charge on any atom is -0.354 e. The molecule has 0 atom stereocenters. The average molecular weight is 156 g/mol. The van der Waals surface area contributed by atoms with E-state index in [2.05, 4.69) is 10.3 Å². The van der Waals surface area contributed by atoms with Crippen molar-refractivity contribution in [2.45, 2.75) is 6.92 Å². The number of carbonyl (C=O) groups is 1. The van der Waals surface area contributed by atoms with Gasteiger partial charge in [-0.05, 0) is 6.92 Å². The lowest BCUT2D eigenvalue weighted by molar-refractivity contribution is 0.0958. The maximum absolute atomic E-state index is 10.9. The zero-order chi connectivity index (χ0) is 7.56. The molecule has 0 unspecified atom stereocenters. The van der Waals surface area contributed by atoms with Crippen LogP contribution in [-0.2, 0) is 0 Å². The van der Waals surface area contributed by atoms with Gasteiger partial charge in [0.05, 0.1) is 5.01 Å². The fraction of sp³-hybridized carbons (Fsp3) is 0.333. The summed E-state index contributed by atoms with van der Waals surface area (Å²) in [5.74, 6) is -0.121. The van der Waals surface area contributed by atoms with Gasteiger partial charge in [-0.1, -0.05) is 0 Å². The Balaban J connectivity index is 2.85.